The predicted octanol–water partition coefficient (Wildman–Crippen LogP) is -4.11. The number of phosphoric acid groups is 3. The summed E-state index contributed by atoms with van der Waals surface area (Å²) in [5, 5.41) is 47.4. The summed E-state index contributed by atoms with van der Waals surface area (Å²) in [7, 11) is -16.3. The van der Waals surface area contributed by atoms with Crippen molar-refractivity contribution < 1.29 is 81.8 Å². The summed E-state index contributed by atoms with van der Waals surface area (Å²) in [6.07, 6.45) is -16.2. The lowest BCUT2D eigenvalue weighted by Gasteiger charge is -2.44. The second-order valence-electron chi connectivity index (χ2n) is 5.76. The molecule has 0 aromatic rings. The van der Waals surface area contributed by atoms with Gasteiger partial charge >= 0.3 is 23.5 Å². The highest BCUT2D eigenvalue weighted by Gasteiger charge is 2.56. The van der Waals surface area contributed by atoms with Gasteiger partial charge in [0.2, 0.25) is 0 Å². The third-order valence-corrected chi connectivity index (χ3v) is 5.46. The van der Waals surface area contributed by atoms with E-state index in [0.29, 0.717) is 0 Å². The summed E-state index contributed by atoms with van der Waals surface area (Å²) in [4.78, 5) is 45.4. The summed E-state index contributed by atoms with van der Waals surface area (Å²) in [5.74, 6) is 0. The van der Waals surface area contributed by atoms with Gasteiger partial charge in [0.05, 0.1) is 13.2 Å². The lowest BCUT2D eigenvalue weighted by molar-refractivity contribution is -0.213. The van der Waals surface area contributed by atoms with E-state index in [2.05, 4.69) is 18.1 Å². The third-order valence-electron chi connectivity index (χ3n) is 3.43. The topological polar surface area (TPSA) is 290 Å². The van der Waals surface area contributed by atoms with Crippen LogP contribution in [-0.2, 0) is 31.8 Å². The number of hydrogen-bond acceptors (Lipinski definition) is 12. The standard InChI is InChI=1S/C9H21O17P3/c10-1-3(11)2-23-29(21,22)26-8-6(14)4(12)5(13)7(24-27(15,16)17)9(8)25-28(18,19)20/h3-14H,1-2H2,(H,21,22)(H2,15,16,17)(H2,18,19,20)/t3-,4+,5+,6+,7-,8+,9+/m0/s1. The average molecular weight is 494 g/mol. The van der Waals surface area contributed by atoms with Crippen LogP contribution in [-0.4, -0.2) is 106 Å². The van der Waals surface area contributed by atoms with Crippen LogP contribution < -0.4 is 0 Å². The van der Waals surface area contributed by atoms with E-state index in [9.17, 15) is 33.9 Å². The molecule has 1 unspecified atom stereocenters. The number of aliphatic hydroxyl groups is 5. The highest BCUT2D eigenvalue weighted by Crippen LogP contribution is 2.52. The minimum absolute atomic E-state index is 0.890. The van der Waals surface area contributed by atoms with Gasteiger partial charge in [-0.3, -0.25) is 18.1 Å². The van der Waals surface area contributed by atoms with Gasteiger partial charge in [0.15, 0.2) is 0 Å². The van der Waals surface area contributed by atoms with Crippen LogP contribution in [0.15, 0.2) is 0 Å². The van der Waals surface area contributed by atoms with E-state index in [1.807, 2.05) is 0 Å². The van der Waals surface area contributed by atoms with Crippen LogP contribution in [0.2, 0.25) is 0 Å². The molecule has 1 saturated carbocycles. The molecule has 10 N–H and O–H groups in total. The zero-order chi connectivity index (χ0) is 22.8. The number of rotatable bonds is 10. The molecule has 0 aromatic carbocycles. The Bertz CT molecular complexity index is 673. The largest absolute Gasteiger partial charge is 0.472 e. The van der Waals surface area contributed by atoms with E-state index >= 15 is 0 Å². The van der Waals surface area contributed by atoms with Gasteiger partial charge < -0.3 is 50.0 Å². The Morgan fingerprint density at radius 3 is 1.55 bits per heavy atom. The van der Waals surface area contributed by atoms with E-state index in [1.165, 1.54) is 0 Å². The first-order valence-corrected chi connectivity index (χ1v) is 12.0. The Morgan fingerprint density at radius 1 is 0.724 bits per heavy atom. The van der Waals surface area contributed by atoms with Gasteiger partial charge in [0.25, 0.3) is 0 Å². The van der Waals surface area contributed by atoms with Gasteiger partial charge in [0.1, 0.15) is 42.7 Å². The molecule has 0 aromatic heterocycles. The van der Waals surface area contributed by atoms with Crippen LogP contribution in [0.3, 0.4) is 0 Å². The van der Waals surface area contributed by atoms with Gasteiger partial charge in [-0.15, -0.1) is 0 Å². The van der Waals surface area contributed by atoms with Crippen molar-refractivity contribution in [3.8, 4) is 0 Å². The monoisotopic (exact) mass is 494 g/mol. The smallest absolute Gasteiger partial charge is 0.394 e. The zero-order valence-corrected chi connectivity index (χ0v) is 16.8. The summed E-state index contributed by atoms with van der Waals surface area (Å²) < 4.78 is 51.3. The summed E-state index contributed by atoms with van der Waals surface area (Å²) >= 11 is 0. The fourth-order valence-electron chi connectivity index (χ4n) is 2.27. The Kier molecular flexibility index (Phi) is 9.52. The SMILES string of the molecule is O=P(O)(O)O[C@H]1[C@H](OP(=O)(O)OC[C@@H](O)CO)[C@H](O)[C@H](O)[C@@H](O)[C@@H]1OP(=O)(O)O. The van der Waals surface area contributed by atoms with Crippen LogP contribution >= 0.6 is 23.5 Å². The fraction of sp³-hybridized carbons (Fsp3) is 1.00. The Hall–Kier alpha value is 0.130. The predicted molar refractivity (Wildman–Crippen MR) is 85.6 cm³/mol. The molecule has 0 amide bonds. The highest BCUT2D eigenvalue weighted by atomic mass is 31.2. The second-order valence-corrected chi connectivity index (χ2v) is 9.55. The lowest BCUT2D eigenvalue weighted by atomic mass is 9.85. The van der Waals surface area contributed by atoms with Crippen LogP contribution in [0.5, 0.6) is 0 Å². The maximum atomic E-state index is 12.0. The molecule has 174 valence electrons. The van der Waals surface area contributed by atoms with E-state index < -0.39 is 79.4 Å². The summed E-state index contributed by atoms with van der Waals surface area (Å²) in [5.41, 5.74) is 0. The molecule has 29 heavy (non-hydrogen) atoms. The number of phosphoric ester groups is 3. The molecule has 0 aliphatic heterocycles. The first-order chi connectivity index (χ1) is 13.0. The van der Waals surface area contributed by atoms with Crippen molar-refractivity contribution in [2.24, 2.45) is 0 Å². The molecule has 0 bridgehead atoms. The van der Waals surface area contributed by atoms with E-state index in [-0.39, 0.29) is 0 Å². The zero-order valence-electron chi connectivity index (χ0n) is 14.1. The molecule has 0 saturated heterocycles. The molecule has 20 heteroatoms. The molecule has 1 aliphatic rings. The van der Waals surface area contributed by atoms with Crippen molar-refractivity contribution in [2.45, 2.75) is 42.7 Å². The van der Waals surface area contributed by atoms with Gasteiger partial charge in [0, 0.05) is 0 Å². The maximum Gasteiger partial charge on any atom is 0.472 e. The van der Waals surface area contributed by atoms with Crippen molar-refractivity contribution in [3.63, 3.8) is 0 Å². The molecular formula is C9H21O17P3. The normalized spacial score (nSPS) is 34.6. The summed E-state index contributed by atoms with van der Waals surface area (Å²) in [6.45, 7) is -1.87. The summed E-state index contributed by atoms with van der Waals surface area (Å²) in [6, 6.07) is 0. The molecule has 1 rings (SSSR count). The van der Waals surface area contributed by atoms with Crippen molar-refractivity contribution in [1.82, 2.24) is 0 Å². The highest BCUT2D eigenvalue weighted by molar-refractivity contribution is 7.47. The molecule has 0 heterocycles. The quantitative estimate of drug-likeness (QED) is 0.129. The molecule has 1 aliphatic carbocycles. The molecule has 8 atom stereocenters. The van der Waals surface area contributed by atoms with Gasteiger partial charge in [-0.2, -0.15) is 0 Å². The van der Waals surface area contributed by atoms with E-state index in [4.69, 9.17) is 29.8 Å². The molecule has 0 radical (unpaired) electrons. The molecule has 0 spiro atoms. The first-order valence-electron chi connectivity index (χ1n) is 7.44. The molecule has 1 fully saturated rings. The van der Waals surface area contributed by atoms with E-state index in [0.717, 1.165) is 0 Å². The van der Waals surface area contributed by atoms with Crippen LogP contribution in [0.1, 0.15) is 0 Å². The van der Waals surface area contributed by atoms with Crippen LogP contribution in [0.4, 0.5) is 0 Å². The second kappa shape index (κ2) is 10.2. The number of aliphatic hydroxyl groups excluding tert-OH is 5. The Balaban J connectivity index is 3.24. The van der Waals surface area contributed by atoms with Crippen molar-refractivity contribution in [1.29, 1.82) is 0 Å². The minimum Gasteiger partial charge on any atom is -0.394 e. The minimum atomic E-state index is -5.55. The van der Waals surface area contributed by atoms with Crippen molar-refractivity contribution in [3.05, 3.63) is 0 Å². The Labute approximate surface area is 162 Å². The van der Waals surface area contributed by atoms with Gasteiger partial charge in [-0.05, 0) is 0 Å². The van der Waals surface area contributed by atoms with E-state index in [1.54, 1.807) is 0 Å². The molecular weight excluding hydrogens is 473 g/mol. The first kappa shape index (κ1) is 27.2. The Morgan fingerprint density at radius 2 is 1.14 bits per heavy atom. The fourth-order valence-corrected chi connectivity index (χ4v) is 4.36. The van der Waals surface area contributed by atoms with Crippen molar-refractivity contribution in [2.75, 3.05) is 13.2 Å². The lowest BCUT2D eigenvalue weighted by Crippen LogP contribution is -2.65. The van der Waals surface area contributed by atoms with Gasteiger partial charge in [-0.1, -0.05) is 0 Å². The molecule has 17 nitrogen and oxygen atoms in total. The number of hydrogen-bond donors (Lipinski definition) is 10. The average Bonchev–Trinajstić information content (AvgIpc) is 2.56. The maximum absolute atomic E-state index is 12.0. The van der Waals surface area contributed by atoms with Crippen LogP contribution in [0, 0.1) is 0 Å². The van der Waals surface area contributed by atoms with Gasteiger partial charge in [-0.25, -0.2) is 13.7 Å². The van der Waals surface area contributed by atoms with Crippen LogP contribution in [0.25, 0.3) is 0 Å². The van der Waals surface area contributed by atoms with Crippen molar-refractivity contribution >= 4 is 23.5 Å². The third kappa shape index (κ3) is 8.65.